The predicted molar refractivity (Wildman–Crippen MR) is 87.1 cm³/mol. The average Bonchev–Trinajstić information content (AvgIpc) is 2.56. The molecule has 24 heavy (non-hydrogen) atoms. The van der Waals surface area contributed by atoms with Gasteiger partial charge in [-0.1, -0.05) is 24.3 Å². The van der Waals surface area contributed by atoms with E-state index in [-0.39, 0.29) is 16.7 Å². The lowest BCUT2D eigenvalue weighted by molar-refractivity contribution is 0.280. The molecule has 0 atom stereocenters. The first-order chi connectivity index (χ1) is 11.4. The summed E-state index contributed by atoms with van der Waals surface area (Å²) in [5.74, 6) is -0.308. The zero-order chi connectivity index (χ0) is 17.3. The van der Waals surface area contributed by atoms with Gasteiger partial charge in [0.15, 0.2) is 5.76 Å². The summed E-state index contributed by atoms with van der Waals surface area (Å²) in [5, 5.41) is 0.152. The van der Waals surface area contributed by atoms with Crippen molar-refractivity contribution in [1.29, 1.82) is 0 Å². The molecule has 0 aliphatic carbocycles. The molecule has 7 nitrogen and oxygen atoms in total. The van der Waals surface area contributed by atoms with Crippen LogP contribution in [0.3, 0.4) is 0 Å². The van der Waals surface area contributed by atoms with E-state index in [1.54, 1.807) is 42.5 Å². The summed E-state index contributed by atoms with van der Waals surface area (Å²) in [6, 6.07) is 13.0. The van der Waals surface area contributed by atoms with Crippen LogP contribution < -0.4 is 14.7 Å². The lowest BCUT2D eigenvalue weighted by Gasteiger charge is -2.13. The largest absolute Gasteiger partial charge is 0.525 e. The smallest absolute Gasteiger partial charge is 0.496 e. The van der Waals surface area contributed by atoms with Gasteiger partial charge >= 0.3 is 7.82 Å². The average molecular weight is 348 g/mol. The second-order valence-electron chi connectivity index (χ2n) is 4.87. The number of phosphoric acid groups is 1. The number of ether oxygens (including phenoxy) is 1. The first-order valence-electron chi connectivity index (χ1n) is 6.85. The fourth-order valence-corrected chi connectivity index (χ4v) is 2.74. The molecule has 0 unspecified atom stereocenters. The van der Waals surface area contributed by atoms with Gasteiger partial charge in [0.1, 0.15) is 11.3 Å². The third kappa shape index (κ3) is 3.05. The molecule has 3 rings (SSSR count). The molecule has 124 valence electrons. The Labute approximate surface area is 136 Å². The van der Waals surface area contributed by atoms with Crippen LogP contribution in [0.5, 0.6) is 11.5 Å². The Morgan fingerprint density at radius 3 is 2.42 bits per heavy atom. The van der Waals surface area contributed by atoms with Gasteiger partial charge in [-0.05, 0) is 24.3 Å². The Kier molecular flexibility index (Phi) is 4.15. The molecule has 3 aromatic rings. The van der Waals surface area contributed by atoms with E-state index < -0.39 is 19.0 Å². The van der Waals surface area contributed by atoms with Crippen molar-refractivity contribution in [1.82, 2.24) is 0 Å². The molecule has 2 N–H and O–H groups in total. The lowest BCUT2D eigenvalue weighted by atomic mass is 10.1. The molecule has 2 aromatic carbocycles. The maximum Gasteiger partial charge on any atom is 0.525 e. The van der Waals surface area contributed by atoms with Gasteiger partial charge in [0.25, 0.3) is 0 Å². The molecule has 0 fully saturated rings. The van der Waals surface area contributed by atoms with Gasteiger partial charge in [0.2, 0.25) is 11.2 Å². The summed E-state index contributed by atoms with van der Waals surface area (Å²) in [6.45, 7) is 0. The van der Waals surface area contributed by atoms with Crippen molar-refractivity contribution in [3.63, 3.8) is 0 Å². The molecule has 0 amide bonds. The standard InChI is InChI=1S/C16H13O7P/c1-21-12-8-4-3-7-11(12)15-16(23-24(18,19)20)14(17)10-6-2-5-9-13(10)22-15/h2-9H,1H3,(H2,18,19,20). The molecule has 0 saturated heterocycles. The maximum absolute atomic E-state index is 12.6. The summed E-state index contributed by atoms with van der Waals surface area (Å²) in [7, 11) is -3.53. The van der Waals surface area contributed by atoms with Crippen molar-refractivity contribution in [2.24, 2.45) is 0 Å². The quantitative estimate of drug-likeness (QED) is 0.698. The summed E-state index contributed by atoms with van der Waals surface area (Å²) in [5.41, 5.74) is -0.0751. The molecule has 8 heteroatoms. The monoisotopic (exact) mass is 348 g/mol. The second kappa shape index (κ2) is 6.13. The van der Waals surface area contributed by atoms with Crippen molar-refractivity contribution in [2.45, 2.75) is 0 Å². The van der Waals surface area contributed by atoms with Gasteiger partial charge < -0.3 is 13.7 Å². The lowest BCUT2D eigenvalue weighted by Crippen LogP contribution is -2.09. The molecular formula is C16H13O7P. The molecule has 1 aromatic heterocycles. The summed E-state index contributed by atoms with van der Waals surface area (Å²) in [4.78, 5) is 30.9. The van der Waals surface area contributed by atoms with E-state index in [1.165, 1.54) is 13.2 Å². The second-order valence-corrected chi connectivity index (χ2v) is 6.03. The molecule has 1 heterocycles. The van der Waals surface area contributed by atoms with Crippen LogP contribution in [-0.4, -0.2) is 16.9 Å². The fraction of sp³-hybridized carbons (Fsp3) is 0.0625. The summed E-state index contributed by atoms with van der Waals surface area (Å²) in [6.07, 6.45) is 0. The zero-order valence-corrected chi connectivity index (χ0v) is 13.4. The molecule has 0 aliphatic heterocycles. The number of phosphoric ester groups is 1. The highest BCUT2D eigenvalue weighted by Gasteiger charge is 2.26. The van der Waals surface area contributed by atoms with Crippen molar-refractivity contribution in [3.8, 4) is 22.8 Å². The number of methoxy groups -OCH3 is 1. The number of benzene rings is 2. The van der Waals surface area contributed by atoms with Gasteiger partial charge in [0, 0.05) is 0 Å². The van der Waals surface area contributed by atoms with Crippen LogP contribution in [0.1, 0.15) is 0 Å². The van der Waals surface area contributed by atoms with E-state index >= 15 is 0 Å². The maximum atomic E-state index is 12.6. The zero-order valence-electron chi connectivity index (χ0n) is 12.5. The van der Waals surface area contributed by atoms with Gasteiger partial charge in [-0.2, -0.15) is 0 Å². The SMILES string of the molecule is COc1ccccc1-c1oc2ccccc2c(=O)c1OP(=O)(O)O. The minimum atomic E-state index is -4.96. The van der Waals surface area contributed by atoms with Crippen molar-refractivity contribution < 1.29 is 28.0 Å². The van der Waals surface area contributed by atoms with E-state index in [9.17, 15) is 9.36 Å². The Morgan fingerprint density at radius 1 is 1.04 bits per heavy atom. The van der Waals surface area contributed by atoms with Gasteiger partial charge in [-0.15, -0.1) is 0 Å². The first-order valence-corrected chi connectivity index (χ1v) is 8.38. The van der Waals surface area contributed by atoms with Crippen molar-refractivity contribution in [3.05, 3.63) is 58.8 Å². The first kappa shape index (κ1) is 16.3. The molecule has 0 aliphatic rings. The molecule has 0 spiro atoms. The van der Waals surface area contributed by atoms with E-state index in [1.807, 2.05) is 0 Å². The predicted octanol–water partition coefficient (Wildman–Crippen LogP) is 2.94. The summed E-state index contributed by atoms with van der Waals surface area (Å²) < 4.78 is 26.8. The minimum absolute atomic E-state index is 0.112. The minimum Gasteiger partial charge on any atom is -0.496 e. The number of rotatable bonds is 4. The van der Waals surface area contributed by atoms with Crippen LogP contribution >= 0.6 is 7.82 Å². The van der Waals surface area contributed by atoms with E-state index in [4.69, 9.17) is 18.9 Å². The molecule has 0 bridgehead atoms. The third-order valence-electron chi connectivity index (χ3n) is 3.32. The Hall–Kier alpha value is -2.60. The van der Waals surface area contributed by atoms with Crippen molar-refractivity contribution >= 4 is 18.8 Å². The normalized spacial score (nSPS) is 11.5. The fourth-order valence-electron chi connectivity index (χ4n) is 2.34. The number of para-hydroxylation sites is 2. The van der Waals surface area contributed by atoms with Crippen LogP contribution in [0.4, 0.5) is 0 Å². The van der Waals surface area contributed by atoms with Crippen LogP contribution in [0, 0.1) is 0 Å². The van der Waals surface area contributed by atoms with E-state index in [0.29, 0.717) is 11.3 Å². The third-order valence-corrected chi connectivity index (χ3v) is 3.74. The Bertz CT molecular complexity index is 1000. The molecule has 0 radical (unpaired) electrons. The molecule has 0 saturated carbocycles. The van der Waals surface area contributed by atoms with Crippen LogP contribution in [-0.2, 0) is 4.57 Å². The van der Waals surface area contributed by atoms with Crippen molar-refractivity contribution in [2.75, 3.05) is 7.11 Å². The van der Waals surface area contributed by atoms with E-state index in [0.717, 1.165) is 0 Å². The van der Waals surface area contributed by atoms with E-state index in [2.05, 4.69) is 4.52 Å². The topological polar surface area (TPSA) is 106 Å². The highest BCUT2D eigenvalue weighted by Crippen LogP contribution is 2.43. The van der Waals surface area contributed by atoms with Crippen LogP contribution in [0.15, 0.2) is 57.7 Å². The van der Waals surface area contributed by atoms with Gasteiger partial charge in [0.05, 0.1) is 18.1 Å². The number of hydrogen-bond acceptors (Lipinski definition) is 5. The van der Waals surface area contributed by atoms with Crippen LogP contribution in [0.25, 0.3) is 22.3 Å². The number of hydrogen-bond donors (Lipinski definition) is 2. The van der Waals surface area contributed by atoms with Crippen LogP contribution in [0.2, 0.25) is 0 Å². The highest BCUT2D eigenvalue weighted by molar-refractivity contribution is 7.46. The summed E-state index contributed by atoms with van der Waals surface area (Å²) >= 11 is 0. The van der Waals surface area contributed by atoms with Gasteiger partial charge in [-0.3, -0.25) is 14.6 Å². The highest BCUT2D eigenvalue weighted by atomic mass is 31.2. The Balaban J connectivity index is 2.39. The Morgan fingerprint density at radius 2 is 1.71 bits per heavy atom. The number of fused-ring (bicyclic) bond motifs is 1. The van der Waals surface area contributed by atoms with Gasteiger partial charge in [-0.25, -0.2) is 4.57 Å². The molecular weight excluding hydrogens is 335 g/mol.